The van der Waals surface area contributed by atoms with Crippen molar-refractivity contribution in [1.29, 1.82) is 0 Å². The highest BCUT2D eigenvalue weighted by Gasteiger charge is 2.07. The molecule has 1 heterocycles. The van der Waals surface area contributed by atoms with Gasteiger partial charge in [0.05, 0.1) is 29.0 Å². The van der Waals surface area contributed by atoms with Crippen LogP contribution in [0.2, 0.25) is 0 Å². The third-order valence-corrected chi connectivity index (χ3v) is 3.15. The van der Waals surface area contributed by atoms with Crippen LogP contribution in [0, 0.1) is 19.3 Å². The van der Waals surface area contributed by atoms with Crippen LogP contribution >= 0.6 is 0 Å². The van der Waals surface area contributed by atoms with Crippen molar-refractivity contribution in [3.8, 4) is 12.3 Å². The quantitative estimate of drug-likeness (QED) is 0.679. The second-order valence-electron chi connectivity index (χ2n) is 4.79. The molecule has 0 spiro atoms. The van der Waals surface area contributed by atoms with E-state index in [-0.39, 0.29) is 0 Å². The Kier molecular flexibility index (Phi) is 4.73. The first-order chi connectivity index (χ1) is 10.2. The van der Waals surface area contributed by atoms with Gasteiger partial charge in [-0.1, -0.05) is 24.1 Å². The van der Waals surface area contributed by atoms with Crippen LogP contribution in [0.4, 0.5) is 5.69 Å². The third kappa shape index (κ3) is 3.49. The molecule has 0 fully saturated rings. The Morgan fingerprint density at radius 3 is 2.86 bits per heavy atom. The van der Waals surface area contributed by atoms with Gasteiger partial charge in [0.1, 0.15) is 0 Å². The maximum atomic E-state index is 5.26. The molecule has 3 nitrogen and oxygen atoms in total. The standard InChI is InChI=1S/C18H19N3/c1-5-7-8-13(3)18-14(4)20-16-10-9-15(19-11-6-2)12-17(16)21-18/h2,5,7-10,12,19H,11H2,1,3-4H3/b7-5-,13-8+. The predicted octanol–water partition coefficient (Wildman–Crippen LogP) is 3.96. The third-order valence-electron chi connectivity index (χ3n) is 3.15. The highest BCUT2D eigenvalue weighted by Crippen LogP contribution is 2.21. The minimum absolute atomic E-state index is 0.498. The first-order valence-electron chi connectivity index (χ1n) is 6.91. The van der Waals surface area contributed by atoms with E-state index < -0.39 is 0 Å². The van der Waals surface area contributed by atoms with Gasteiger partial charge >= 0.3 is 0 Å². The van der Waals surface area contributed by atoms with Gasteiger partial charge in [0.2, 0.25) is 0 Å². The second kappa shape index (κ2) is 6.71. The average molecular weight is 277 g/mol. The molecule has 2 aromatic rings. The minimum atomic E-state index is 0.498. The first kappa shape index (κ1) is 14.8. The fourth-order valence-electron chi connectivity index (χ4n) is 2.10. The summed E-state index contributed by atoms with van der Waals surface area (Å²) in [5.74, 6) is 2.56. The molecule has 0 saturated carbocycles. The van der Waals surface area contributed by atoms with E-state index in [1.165, 1.54) is 0 Å². The summed E-state index contributed by atoms with van der Waals surface area (Å²) in [5, 5.41) is 3.15. The van der Waals surface area contributed by atoms with E-state index in [4.69, 9.17) is 11.4 Å². The lowest BCUT2D eigenvalue weighted by Gasteiger charge is -2.08. The number of nitrogens with one attached hydrogen (secondary N) is 1. The van der Waals surface area contributed by atoms with Crippen LogP contribution in [0.15, 0.2) is 36.4 Å². The Labute approximate surface area is 125 Å². The number of hydrogen-bond acceptors (Lipinski definition) is 3. The van der Waals surface area contributed by atoms with E-state index in [1.807, 2.05) is 57.2 Å². The first-order valence-corrected chi connectivity index (χ1v) is 6.91. The molecule has 0 aliphatic rings. The zero-order valence-corrected chi connectivity index (χ0v) is 12.6. The van der Waals surface area contributed by atoms with Crippen LogP contribution in [-0.4, -0.2) is 16.5 Å². The number of anilines is 1. The van der Waals surface area contributed by atoms with Gasteiger partial charge in [-0.05, 0) is 44.5 Å². The van der Waals surface area contributed by atoms with E-state index in [0.29, 0.717) is 6.54 Å². The van der Waals surface area contributed by atoms with Crippen LogP contribution in [0.3, 0.4) is 0 Å². The second-order valence-corrected chi connectivity index (χ2v) is 4.79. The Bertz CT molecular complexity index is 749. The lowest BCUT2D eigenvalue weighted by molar-refractivity contribution is 1.15. The molecule has 1 N–H and O–H groups in total. The van der Waals surface area contributed by atoms with Crippen LogP contribution in [0.5, 0.6) is 0 Å². The molecule has 0 atom stereocenters. The topological polar surface area (TPSA) is 37.8 Å². The summed E-state index contributed by atoms with van der Waals surface area (Å²) in [5.41, 5.74) is 5.67. The number of allylic oxidation sites excluding steroid dienone is 4. The summed E-state index contributed by atoms with van der Waals surface area (Å²) in [7, 11) is 0. The smallest absolute Gasteiger partial charge is 0.0915 e. The van der Waals surface area contributed by atoms with Crippen molar-refractivity contribution in [2.45, 2.75) is 20.8 Å². The molecule has 0 bridgehead atoms. The highest BCUT2D eigenvalue weighted by molar-refractivity contribution is 5.81. The van der Waals surface area contributed by atoms with Crippen molar-refractivity contribution in [3.05, 3.63) is 47.8 Å². The molecule has 0 unspecified atom stereocenters. The predicted molar refractivity (Wildman–Crippen MR) is 90.1 cm³/mol. The van der Waals surface area contributed by atoms with Gasteiger partial charge < -0.3 is 5.32 Å². The van der Waals surface area contributed by atoms with Crippen molar-refractivity contribution in [2.24, 2.45) is 0 Å². The minimum Gasteiger partial charge on any atom is -0.374 e. The van der Waals surface area contributed by atoms with Gasteiger partial charge in [-0.3, -0.25) is 0 Å². The summed E-state index contributed by atoms with van der Waals surface area (Å²) in [6.45, 7) is 6.52. The van der Waals surface area contributed by atoms with Crippen molar-refractivity contribution >= 4 is 22.3 Å². The van der Waals surface area contributed by atoms with E-state index in [2.05, 4.69) is 16.2 Å². The molecule has 0 amide bonds. The van der Waals surface area contributed by atoms with Gasteiger partial charge in [-0.2, -0.15) is 0 Å². The SMILES string of the molecule is C#CCNc1ccc2nc(C)c(/C(C)=C/C=C\C)nc2c1. The van der Waals surface area contributed by atoms with Gasteiger partial charge in [-0.25, -0.2) is 9.97 Å². The Hall–Kier alpha value is -2.60. The number of nitrogens with zero attached hydrogens (tertiary/aromatic N) is 2. The molecule has 1 aromatic carbocycles. The lowest BCUT2D eigenvalue weighted by atomic mass is 10.1. The Morgan fingerprint density at radius 2 is 2.14 bits per heavy atom. The number of aryl methyl sites for hydroxylation is 1. The van der Waals surface area contributed by atoms with Gasteiger partial charge in [-0.15, -0.1) is 6.42 Å². The molecule has 0 aliphatic heterocycles. The van der Waals surface area contributed by atoms with Crippen molar-refractivity contribution in [3.63, 3.8) is 0 Å². The van der Waals surface area contributed by atoms with E-state index in [0.717, 1.165) is 33.7 Å². The van der Waals surface area contributed by atoms with Crippen LogP contribution in [0.25, 0.3) is 16.6 Å². The number of rotatable bonds is 4. The number of benzene rings is 1. The normalized spacial score (nSPS) is 11.8. The van der Waals surface area contributed by atoms with Crippen LogP contribution in [0.1, 0.15) is 25.2 Å². The molecule has 2 rings (SSSR count). The molecule has 106 valence electrons. The Balaban J connectivity index is 2.48. The Morgan fingerprint density at radius 1 is 1.33 bits per heavy atom. The summed E-state index contributed by atoms with van der Waals surface area (Å²) in [6, 6.07) is 5.91. The average Bonchev–Trinajstić information content (AvgIpc) is 2.49. The van der Waals surface area contributed by atoms with Crippen LogP contribution in [-0.2, 0) is 0 Å². The number of fused-ring (bicyclic) bond motifs is 1. The van der Waals surface area contributed by atoms with Crippen molar-refractivity contribution < 1.29 is 0 Å². The van der Waals surface area contributed by atoms with E-state index >= 15 is 0 Å². The largest absolute Gasteiger partial charge is 0.374 e. The number of hydrogen-bond donors (Lipinski definition) is 1. The molecule has 3 heteroatoms. The summed E-state index contributed by atoms with van der Waals surface area (Å²) >= 11 is 0. The van der Waals surface area contributed by atoms with E-state index in [1.54, 1.807) is 0 Å². The molecular weight excluding hydrogens is 258 g/mol. The molecule has 21 heavy (non-hydrogen) atoms. The molecule has 0 saturated heterocycles. The zero-order chi connectivity index (χ0) is 15.2. The summed E-state index contributed by atoms with van der Waals surface area (Å²) < 4.78 is 0. The number of aromatic nitrogens is 2. The van der Waals surface area contributed by atoms with Gasteiger partial charge in [0, 0.05) is 5.69 Å². The van der Waals surface area contributed by atoms with Gasteiger partial charge in [0.25, 0.3) is 0 Å². The summed E-state index contributed by atoms with van der Waals surface area (Å²) in [4.78, 5) is 9.37. The highest BCUT2D eigenvalue weighted by atomic mass is 14.9. The van der Waals surface area contributed by atoms with E-state index in [9.17, 15) is 0 Å². The number of terminal acetylenes is 1. The maximum absolute atomic E-state index is 5.26. The lowest BCUT2D eigenvalue weighted by Crippen LogP contribution is -2.00. The monoisotopic (exact) mass is 277 g/mol. The molecule has 0 aliphatic carbocycles. The molecule has 1 aromatic heterocycles. The fourth-order valence-corrected chi connectivity index (χ4v) is 2.10. The molecule has 0 radical (unpaired) electrons. The van der Waals surface area contributed by atoms with Crippen molar-refractivity contribution in [2.75, 3.05) is 11.9 Å². The maximum Gasteiger partial charge on any atom is 0.0915 e. The fraction of sp³-hybridized carbons (Fsp3) is 0.222. The summed E-state index contributed by atoms with van der Waals surface area (Å²) in [6.07, 6.45) is 11.3. The van der Waals surface area contributed by atoms with Crippen LogP contribution < -0.4 is 5.32 Å². The van der Waals surface area contributed by atoms with Crippen molar-refractivity contribution in [1.82, 2.24) is 9.97 Å². The van der Waals surface area contributed by atoms with Gasteiger partial charge in [0.15, 0.2) is 0 Å². The molecular formula is C18H19N3. The zero-order valence-electron chi connectivity index (χ0n) is 12.6.